The topological polar surface area (TPSA) is 136 Å². The number of nitrogens with one attached hydrogen (secondary N) is 2. The van der Waals surface area contributed by atoms with E-state index in [0.717, 1.165) is 24.0 Å². The van der Waals surface area contributed by atoms with E-state index in [4.69, 9.17) is 18.9 Å². The van der Waals surface area contributed by atoms with Gasteiger partial charge in [-0.1, -0.05) is 81.4 Å². The minimum atomic E-state index is -0.605. The van der Waals surface area contributed by atoms with E-state index in [-0.39, 0.29) is 43.3 Å². The molecule has 12 nitrogen and oxygen atoms in total. The van der Waals surface area contributed by atoms with E-state index >= 15 is 0 Å². The summed E-state index contributed by atoms with van der Waals surface area (Å²) in [5.74, 6) is 0. The molecule has 0 heterocycles. The van der Waals surface area contributed by atoms with Crippen molar-refractivity contribution in [3.8, 4) is 0 Å². The third kappa shape index (κ3) is 12.9. The Hall–Kier alpha value is -4.48. The second-order valence-corrected chi connectivity index (χ2v) is 12.9. The first-order valence-electron chi connectivity index (χ1n) is 15.5. The fourth-order valence-corrected chi connectivity index (χ4v) is 6.01. The number of hydrogen-bond acceptors (Lipinski definition) is 8. The van der Waals surface area contributed by atoms with E-state index in [1.54, 1.807) is 14.1 Å². The molecule has 4 amide bonds. The average Bonchev–Trinajstić information content (AvgIpc) is 3.00. The molecule has 2 N–H and O–H groups in total. The number of ether oxygens (including phenoxy) is 4. The molecule has 0 radical (unpaired) electrons. The van der Waals surface area contributed by atoms with Gasteiger partial charge in [0.1, 0.15) is 26.4 Å². The van der Waals surface area contributed by atoms with Gasteiger partial charge in [-0.15, -0.1) is 0 Å². The van der Waals surface area contributed by atoms with Gasteiger partial charge >= 0.3 is 24.4 Å². The molecule has 1 saturated carbocycles. The lowest BCUT2D eigenvalue weighted by Gasteiger charge is -2.46. The second-order valence-electron chi connectivity index (χ2n) is 12.9. The lowest BCUT2D eigenvalue weighted by atomic mass is 9.62. The number of carbonyl (C=O) groups excluding carboxylic acids is 4. The SMILES string of the molecule is CN(Cc1ccccc1)C(=O)OCCOC(=O)NCC1(C)CC(NC(=O)OCCOC(=O)N(C)Cc2ccccc2)CC(C)(C)C1. The number of amides is 4. The van der Waals surface area contributed by atoms with Crippen LogP contribution in [-0.4, -0.2) is 87.3 Å². The molecule has 3 rings (SSSR count). The molecule has 2 aromatic rings. The van der Waals surface area contributed by atoms with Gasteiger partial charge in [-0.05, 0) is 41.2 Å². The Morgan fingerprint density at radius 3 is 1.65 bits per heavy atom. The minimum absolute atomic E-state index is 0.0606. The molecular weight excluding hydrogens is 592 g/mol. The molecule has 0 saturated heterocycles. The predicted molar refractivity (Wildman–Crippen MR) is 172 cm³/mol. The van der Waals surface area contributed by atoms with E-state index in [9.17, 15) is 19.2 Å². The molecule has 2 atom stereocenters. The lowest BCUT2D eigenvalue weighted by molar-refractivity contribution is 0.0526. The molecule has 1 fully saturated rings. The van der Waals surface area contributed by atoms with Crippen molar-refractivity contribution in [1.82, 2.24) is 20.4 Å². The van der Waals surface area contributed by atoms with Crippen molar-refractivity contribution in [3.05, 3.63) is 71.8 Å². The minimum Gasteiger partial charge on any atom is -0.446 e. The maximum atomic E-state index is 12.5. The first kappa shape index (κ1) is 36.0. The zero-order chi connectivity index (χ0) is 33.6. The second kappa shape index (κ2) is 17.3. The van der Waals surface area contributed by atoms with Gasteiger partial charge in [0.2, 0.25) is 0 Å². The smallest absolute Gasteiger partial charge is 0.409 e. The molecule has 46 heavy (non-hydrogen) atoms. The number of hydrogen-bond donors (Lipinski definition) is 2. The maximum absolute atomic E-state index is 12.5. The third-order valence-electron chi connectivity index (χ3n) is 7.66. The van der Waals surface area contributed by atoms with Gasteiger partial charge in [0.15, 0.2) is 0 Å². The van der Waals surface area contributed by atoms with Gasteiger partial charge in [-0.25, -0.2) is 19.2 Å². The van der Waals surface area contributed by atoms with Gasteiger partial charge in [0.25, 0.3) is 0 Å². The number of rotatable bonds is 13. The largest absolute Gasteiger partial charge is 0.446 e. The summed E-state index contributed by atoms with van der Waals surface area (Å²) in [7, 11) is 3.28. The summed E-state index contributed by atoms with van der Waals surface area (Å²) >= 11 is 0. The van der Waals surface area contributed by atoms with Crippen LogP contribution in [0, 0.1) is 10.8 Å². The molecule has 252 valence electrons. The van der Waals surface area contributed by atoms with Crippen LogP contribution >= 0.6 is 0 Å². The quantitative estimate of drug-likeness (QED) is 0.215. The van der Waals surface area contributed by atoms with Crippen LogP contribution in [0.15, 0.2) is 60.7 Å². The van der Waals surface area contributed by atoms with E-state index in [2.05, 4.69) is 31.4 Å². The summed E-state index contributed by atoms with van der Waals surface area (Å²) in [6, 6.07) is 18.9. The van der Waals surface area contributed by atoms with Gasteiger partial charge in [0.05, 0.1) is 0 Å². The van der Waals surface area contributed by atoms with Crippen LogP contribution in [0.5, 0.6) is 0 Å². The van der Waals surface area contributed by atoms with Crippen molar-refractivity contribution in [3.63, 3.8) is 0 Å². The van der Waals surface area contributed by atoms with Crippen molar-refractivity contribution in [2.24, 2.45) is 10.8 Å². The summed E-state index contributed by atoms with van der Waals surface area (Å²) in [5, 5.41) is 5.75. The van der Waals surface area contributed by atoms with Crippen LogP contribution in [0.2, 0.25) is 0 Å². The summed E-state index contributed by atoms with van der Waals surface area (Å²) < 4.78 is 20.9. The summed E-state index contributed by atoms with van der Waals surface area (Å²) in [6.07, 6.45) is -0.0144. The standard InChI is InChI=1S/C34H48N4O8/c1-33(2)20-28(36-30(40)44-17-19-46-32(42)38(5)23-27-14-10-7-11-15-27)21-34(3,24-33)25-35-29(39)43-16-18-45-31(41)37(4)22-26-12-8-6-9-13-26/h6-15,28H,16-25H2,1-5H3,(H,35,39)(H,36,40). The van der Waals surface area contributed by atoms with Crippen LogP contribution in [-0.2, 0) is 32.0 Å². The Kier molecular flexibility index (Phi) is 13.5. The fourth-order valence-electron chi connectivity index (χ4n) is 6.01. The highest BCUT2D eigenvalue weighted by Gasteiger charge is 2.42. The Labute approximate surface area is 271 Å². The highest BCUT2D eigenvalue weighted by atomic mass is 16.6. The predicted octanol–water partition coefficient (Wildman–Crippen LogP) is 5.56. The molecule has 1 aliphatic rings. The summed E-state index contributed by atoms with van der Waals surface area (Å²) in [5.41, 5.74) is 1.54. The Balaban J connectivity index is 1.32. The van der Waals surface area contributed by atoms with Gasteiger partial charge in [-0.2, -0.15) is 0 Å². The van der Waals surface area contributed by atoms with Crippen molar-refractivity contribution < 1.29 is 38.1 Å². The Bertz CT molecular complexity index is 1280. The number of nitrogens with zero attached hydrogens (tertiary/aromatic N) is 2. The Morgan fingerprint density at radius 1 is 0.696 bits per heavy atom. The molecular formula is C34H48N4O8. The van der Waals surface area contributed by atoms with Gasteiger partial charge < -0.3 is 39.4 Å². The first-order chi connectivity index (χ1) is 21.8. The molecule has 2 unspecified atom stereocenters. The molecule has 0 spiro atoms. The van der Waals surface area contributed by atoms with Crippen molar-refractivity contribution in [2.75, 3.05) is 47.1 Å². The molecule has 0 bridgehead atoms. The fraction of sp³-hybridized carbons (Fsp3) is 0.529. The van der Waals surface area contributed by atoms with E-state index < -0.39 is 24.4 Å². The van der Waals surface area contributed by atoms with Crippen molar-refractivity contribution in [2.45, 2.75) is 59.2 Å². The first-order valence-corrected chi connectivity index (χ1v) is 15.5. The average molecular weight is 641 g/mol. The highest BCUT2D eigenvalue weighted by molar-refractivity contribution is 5.69. The van der Waals surface area contributed by atoms with Crippen LogP contribution in [0.1, 0.15) is 51.2 Å². The maximum Gasteiger partial charge on any atom is 0.409 e. The van der Waals surface area contributed by atoms with Crippen LogP contribution in [0.3, 0.4) is 0 Å². The van der Waals surface area contributed by atoms with Crippen molar-refractivity contribution >= 4 is 24.4 Å². The highest BCUT2D eigenvalue weighted by Crippen LogP contribution is 2.45. The number of alkyl carbamates (subject to hydrolysis) is 2. The monoisotopic (exact) mass is 640 g/mol. The molecule has 0 aliphatic heterocycles. The number of carbonyl (C=O) groups is 4. The molecule has 2 aromatic carbocycles. The van der Waals surface area contributed by atoms with E-state index in [1.807, 2.05) is 60.7 Å². The molecule has 12 heteroatoms. The van der Waals surface area contributed by atoms with Crippen molar-refractivity contribution in [1.29, 1.82) is 0 Å². The van der Waals surface area contributed by atoms with Crippen LogP contribution in [0.25, 0.3) is 0 Å². The van der Waals surface area contributed by atoms with E-state index in [0.29, 0.717) is 26.1 Å². The normalized spacial score (nSPS) is 18.4. The van der Waals surface area contributed by atoms with Gasteiger partial charge in [0, 0.05) is 39.8 Å². The Morgan fingerprint density at radius 2 is 1.15 bits per heavy atom. The molecule has 0 aromatic heterocycles. The van der Waals surface area contributed by atoms with E-state index in [1.165, 1.54) is 9.80 Å². The van der Waals surface area contributed by atoms with Crippen LogP contribution < -0.4 is 10.6 Å². The summed E-state index contributed by atoms with van der Waals surface area (Å²) in [4.78, 5) is 52.2. The number of benzene rings is 2. The summed E-state index contributed by atoms with van der Waals surface area (Å²) in [6.45, 7) is 7.19. The lowest BCUT2D eigenvalue weighted by Crippen LogP contribution is -2.50. The van der Waals surface area contributed by atoms with Gasteiger partial charge in [-0.3, -0.25) is 0 Å². The van der Waals surface area contributed by atoms with Crippen LogP contribution in [0.4, 0.5) is 19.2 Å². The third-order valence-corrected chi connectivity index (χ3v) is 7.66. The zero-order valence-corrected chi connectivity index (χ0v) is 27.6. The zero-order valence-electron chi connectivity index (χ0n) is 27.6. The molecule has 1 aliphatic carbocycles.